The number of hydrogen-bond donors (Lipinski definition) is 6. The number of guanidine groups is 1. The van der Waals surface area contributed by atoms with Gasteiger partial charge in [0.05, 0.1) is 6.04 Å². The molecule has 1 heterocycles. The zero-order chi connectivity index (χ0) is 28.6. The lowest BCUT2D eigenvalue weighted by Crippen LogP contribution is -2.61. The number of rotatable bonds is 9. The second-order valence-corrected chi connectivity index (χ2v) is 10.1. The molecule has 1 saturated heterocycles. The number of aliphatic hydroxyl groups excluding tert-OH is 1. The Morgan fingerprint density at radius 2 is 1.62 bits per heavy atom. The number of amides is 3. The lowest BCUT2D eigenvalue weighted by atomic mass is 9.97. The predicted octanol–water partition coefficient (Wildman–Crippen LogP) is 1.41. The number of hydrogen-bond acceptors (Lipinski definition) is 5. The van der Waals surface area contributed by atoms with Gasteiger partial charge in [-0.25, -0.2) is 0 Å². The summed E-state index contributed by atoms with van der Waals surface area (Å²) in [6, 6.07) is 20.4. The van der Waals surface area contributed by atoms with Crippen molar-refractivity contribution < 1.29 is 19.5 Å². The minimum atomic E-state index is -1.16. The molecular formula is C30H36N6O4. The highest BCUT2D eigenvalue weighted by Gasteiger charge is 2.34. The van der Waals surface area contributed by atoms with E-state index in [9.17, 15) is 19.5 Å². The highest BCUT2D eigenvalue weighted by atomic mass is 16.3. The molecule has 40 heavy (non-hydrogen) atoms. The van der Waals surface area contributed by atoms with Crippen LogP contribution in [0.5, 0.6) is 0 Å². The first-order valence-electron chi connectivity index (χ1n) is 13.4. The maximum absolute atomic E-state index is 13.7. The summed E-state index contributed by atoms with van der Waals surface area (Å²) >= 11 is 0. The largest absolute Gasteiger partial charge is 0.371 e. The average molecular weight is 545 g/mol. The van der Waals surface area contributed by atoms with Crippen LogP contribution in [0.3, 0.4) is 0 Å². The number of carbonyl (C=O) groups excluding carboxylic acids is 3. The van der Waals surface area contributed by atoms with Gasteiger partial charge < -0.3 is 31.7 Å². The summed E-state index contributed by atoms with van der Waals surface area (Å²) in [5.74, 6) is -1.60. The van der Waals surface area contributed by atoms with Crippen LogP contribution < -0.4 is 21.7 Å². The number of likely N-dealkylation sites (tertiary alicyclic amines) is 1. The molecule has 1 unspecified atom stereocenters. The Hall–Kier alpha value is -4.44. The normalized spacial score (nSPS) is 18.4. The molecule has 0 saturated carbocycles. The van der Waals surface area contributed by atoms with E-state index in [-0.39, 0.29) is 24.7 Å². The third kappa shape index (κ3) is 7.15. The van der Waals surface area contributed by atoms with Crippen molar-refractivity contribution in [3.05, 3.63) is 83.9 Å². The summed E-state index contributed by atoms with van der Waals surface area (Å²) in [7, 11) is 0. The molecule has 210 valence electrons. The van der Waals surface area contributed by atoms with E-state index in [1.54, 1.807) is 0 Å². The number of piperidine rings is 1. The van der Waals surface area contributed by atoms with Gasteiger partial charge in [0.25, 0.3) is 0 Å². The number of carbonyl (C=O) groups is 3. The molecular weight excluding hydrogens is 508 g/mol. The molecule has 0 spiro atoms. The molecule has 1 fully saturated rings. The maximum atomic E-state index is 13.7. The van der Waals surface area contributed by atoms with Crippen molar-refractivity contribution in [2.45, 2.75) is 57.0 Å². The fraction of sp³-hybridized carbons (Fsp3) is 0.333. The molecule has 10 heteroatoms. The van der Waals surface area contributed by atoms with E-state index in [0.717, 1.165) is 21.9 Å². The van der Waals surface area contributed by atoms with E-state index in [0.29, 0.717) is 19.4 Å². The van der Waals surface area contributed by atoms with E-state index in [1.165, 1.54) is 11.8 Å². The van der Waals surface area contributed by atoms with Gasteiger partial charge in [0.2, 0.25) is 17.7 Å². The Morgan fingerprint density at radius 1 is 0.950 bits per heavy atom. The fourth-order valence-electron chi connectivity index (χ4n) is 5.15. The smallest absolute Gasteiger partial charge is 0.243 e. The van der Waals surface area contributed by atoms with Gasteiger partial charge in [-0.2, -0.15) is 0 Å². The summed E-state index contributed by atoms with van der Waals surface area (Å²) in [6.45, 7) is 1.76. The summed E-state index contributed by atoms with van der Waals surface area (Å²) in [4.78, 5) is 40.5. The van der Waals surface area contributed by atoms with Crippen molar-refractivity contribution in [1.82, 2.24) is 20.9 Å². The summed E-state index contributed by atoms with van der Waals surface area (Å²) in [5.41, 5.74) is 7.34. The van der Waals surface area contributed by atoms with Crippen molar-refractivity contribution in [3.8, 4) is 0 Å². The minimum absolute atomic E-state index is 0.191. The quantitative estimate of drug-likeness (QED) is 0.176. The maximum Gasteiger partial charge on any atom is 0.243 e. The molecule has 3 aromatic rings. The SMILES string of the molecule is CC(=O)N[C@H](Cc1ccccc1)C(=O)N[C@@H](Cc1cccc2ccccc12)C(=O)N[C@H]1CCCN(C(=N)N)C1O. The van der Waals surface area contributed by atoms with Crippen LogP contribution in [0.15, 0.2) is 72.8 Å². The number of benzene rings is 3. The Bertz CT molecular complexity index is 1360. The van der Waals surface area contributed by atoms with Gasteiger partial charge in [-0.3, -0.25) is 19.8 Å². The average Bonchev–Trinajstić information content (AvgIpc) is 2.93. The van der Waals surface area contributed by atoms with E-state index >= 15 is 0 Å². The summed E-state index contributed by atoms with van der Waals surface area (Å²) in [5, 5.41) is 28.9. The Labute approximate surface area is 233 Å². The monoisotopic (exact) mass is 544 g/mol. The van der Waals surface area contributed by atoms with Gasteiger partial charge in [0, 0.05) is 26.3 Å². The predicted molar refractivity (Wildman–Crippen MR) is 153 cm³/mol. The second-order valence-electron chi connectivity index (χ2n) is 10.1. The summed E-state index contributed by atoms with van der Waals surface area (Å²) < 4.78 is 0. The Morgan fingerprint density at radius 3 is 2.35 bits per heavy atom. The molecule has 0 bridgehead atoms. The number of nitrogens with zero attached hydrogens (tertiary/aromatic N) is 1. The molecule has 1 aliphatic rings. The first-order valence-corrected chi connectivity index (χ1v) is 13.4. The molecule has 0 aromatic heterocycles. The van der Waals surface area contributed by atoms with E-state index in [1.807, 2.05) is 72.8 Å². The third-order valence-corrected chi connectivity index (χ3v) is 7.14. The third-order valence-electron chi connectivity index (χ3n) is 7.14. The van der Waals surface area contributed by atoms with E-state index in [4.69, 9.17) is 11.1 Å². The molecule has 0 radical (unpaired) electrons. The van der Waals surface area contributed by atoms with Crippen LogP contribution in [-0.4, -0.2) is 64.6 Å². The van der Waals surface area contributed by atoms with Crippen LogP contribution in [0, 0.1) is 5.41 Å². The standard InChI is InChI=1S/C30H36N6O4/c1-19(37)33-25(17-20-9-3-2-4-10-20)27(38)35-26(18-22-13-7-12-21-11-5-6-14-23(21)22)28(39)34-24-15-8-16-36(29(24)40)30(31)32/h2-7,9-14,24-26,29,40H,8,15-18H2,1H3,(H3,31,32)(H,33,37)(H,34,39)(H,35,38)/t24-,25+,26-,29?/m0/s1. The lowest BCUT2D eigenvalue weighted by Gasteiger charge is -2.39. The number of fused-ring (bicyclic) bond motifs is 1. The van der Waals surface area contributed by atoms with Crippen molar-refractivity contribution in [3.63, 3.8) is 0 Å². The van der Waals surface area contributed by atoms with Crippen LogP contribution in [0.4, 0.5) is 0 Å². The van der Waals surface area contributed by atoms with Crippen LogP contribution in [0.1, 0.15) is 30.9 Å². The van der Waals surface area contributed by atoms with Crippen molar-refractivity contribution >= 4 is 34.5 Å². The zero-order valence-corrected chi connectivity index (χ0v) is 22.5. The van der Waals surface area contributed by atoms with Crippen LogP contribution in [0.2, 0.25) is 0 Å². The molecule has 3 aromatic carbocycles. The Balaban J connectivity index is 1.59. The van der Waals surface area contributed by atoms with Crippen LogP contribution in [0.25, 0.3) is 10.8 Å². The molecule has 4 rings (SSSR count). The lowest BCUT2D eigenvalue weighted by molar-refractivity contribution is -0.132. The van der Waals surface area contributed by atoms with Crippen molar-refractivity contribution in [1.29, 1.82) is 5.41 Å². The van der Waals surface area contributed by atoms with E-state index < -0.39 is 36.2 Å². The van der Waals surface area contributed by atoms with Gasteiger partial charge in [-0.15, -0.1) is 0 Å². The zero-order valence-electron chi connectivity index (χ0n) is 22.5. The molecule has 3 amide bonds. The number of nitrogens with two attached hydrogens (primary N) is 1. The van der Waals surface area contributed by atoms with Gasteiger partial charge >= 0.3 is 0 Å². The van der Waals surface area contributed by atoms with Gasteiger partial charge in [-0.1, -0.05) is 72.8 Å². The topological polar surface area (TPSA) is 161 Å². The molecule has 1 aliphatic heterocycles. The fourth-order valence-corrected chi connectivity index (χ4v) is 5.15. The van der Waals surface area contributed by atoms with Crippen molar-refractivity contribution in [2.75, 3.05) is 6.54 Å². The highest BCUT2D eigenvalue weighted by Crippen LogP contribution is 2.21. The Kier molecular flexibility index (Phi) is 9.34. The van der Waals surface area contributed by atoms with Gasteiger partial charge in [0.15, 0.2) is 5.96 Å². The first kappa shape index (κ1) is 28.6. The minimum Gasteiger partial charge on any atom is -0.371 e. The van der Waals surface area contributed by atoms with Crippen LogP contribution in [-0.2, 0) is 27.2 Å². The second kappa shape index (κ2) is 13.1. The van der Waals surface area contributed by atoms with Gasteiger partial charge in [-0.05, 0) is 34.7 Å². The number of aliphatic hydroxyl groups is 1. The molecule has 4 atom stereocenters. The summed E-state index contributed by atoms with van der Waals surface area (Å²) in [6.07, 6.45) is 0.409. The number of nitrogens with one attached hydrogen (secondary N) is 4. The highest BCUT2D eigenvalue weighted by molar-refractivity contribution is 5.93. The van der Waals surface area contributed by atoms with Crippen LogP contribution >= 0.6 is 0 Å². The van der Waals surface area contributed by atoms with Crippen molar-refractivity contribution in [2.24, 2.45) is 5.73 Å². The first-order chi connectivity index (χ1) is 19.2. The van der Waals surface area contributed by atoms with Gasteiger partial charge in [0.1, 0.15) is 18.3 Å². The van der Waals surface area contributed by atoms with E-state index in [2.05, 4.69) is 16.0 Å². The molecule has 0 aliphatic carbocycles. The molecule has 7 N–H and O–H groups in total. The molecule has 10 nitrogen and oxygen atoms in total.